The molecule has 0 saturated carbocycles. The number of hydrogen-bond acceptors (Lipinski definition) is 1. The van der Waals surface area contributed by atoms with Crippen LogP contribution in [0.25, 0.3) is 0 Å². The molecular formula is C14H17BrF3N. The predicted molar refractivity (Wildman–Crippen MR) is 75.0 cm³/mol. The second-order valence-electron chi connectivity index (χ2n) is 4.30. The molecule has 0 fully saturated rings. The summed E-state index contributed by atoms with van der Waals surface area (Å²) in [4.78, 5) is 0. The van der Waals surface area contributed by atoms with E-state index in [0.717, 1.165) is 19.3 Å². The number of halogens is 4. The lowest BCUT2D eigenvalue weighted by molar-refractivity contribution is -0.138. The van der Waals surface area contributed by atoms with E-state index in [1.807, 2.05) is 6.08 Å². The minimum absolute atomic E-state index is 0.0738. The summed E-state index contributed by atoms with van der Waals surface area (Å²) in [7, 11) is 1.76. The molecule has 106 valence electrons. The van der Waals surface area contributed by atoms with Crippen molar-refractivity contribution in [2.45, 2.75) is 31.5 Å². The summed E-state index contributed by atoms with van der Waals surface area (Å²) in [6.45, 7) is 3.64. The van der Waals surface area contributed by atoms with Crippen molar-refractivity contribution in [3.05, 3.63) is 46.5 Å². The Morgan fingerprint density at radius 1 is 1.42 bits per heavy atom. The Balaban J connectivity index is 2.95. The topological polar surface area (TPSA) is 12.0 Å². The maximum Gasteiger partial charge on any atom is 0.417 e. The van der Waals surface area contributed by atoms with E-state index in [-0.39, 0.29) is 10.5 Å². The number of allylic oxidation sites excluding steroid dienone is 1. The van der Waals surface area contributed by atoms with Crippen LogP contribution < -0.4 is 5.32 Å². The van der Waals surface area contributed by atoms with Gasteiger partial charge in [0.05, 0.1) is 5.56 Å². The summed E-state index contributed by atoms with van der Waals surface area (Å²) >= 11 is 2.95. The third-order valence-corrected chi connectivity index (χ3v) is 3.64. The molecule has 0 saturated heterocycles. The first-order valence-corrected chi connectivity index (χ1v) is 6.84. The van der Waals surface area contributed by atoms with E-state index in [0.29, 0.717) is 5.56 Å². The van der Waals surface area contributed by atoms with Crippen molar-refractivity contribution in [1.29, 1.82) is 0 Å². The van der Waals surface area contributed by atoms with E-state index in [1.165, 1.54) is 12.1 Å². The zero-order valence-electron chi connectivity index (χ0n) is 10.7. The van der Waals surface area contributed by atoms with Crippen molar-refractivity contribution in [3.63, 3.8) is 0 Å². The fourth-order valence-corrected chi connectivity index (χ4v) is 2.39. The summed E-state index contributed by atoms with van der Waals surface area (Å²) in [6, 6.07) is 4.30. The lowest BCUT2D eigenvalue weighted by atomic mass is 9.99. The van der Waals surface area contributed by atoms with Crippen LogP contribution in [0.3, 0.4) is 0 Å². The summed E-state index contributed by atoms with van der Waals surface area (Å²) in [6.07, 6.45) is 0.0123. The fraction of sp³-hybridized carbons (Fsp3) is 0.429. The highest BCUT2D eigenvalue weighted by atomic mass is 79.9. The minimum atomic E-state index is -4.34. The molecule has 0 radical (unpaired) electrons. The van der Waals surface area contributed by atoms with Crippen LogP contribution in [0, 0.1) is 0 Å². The molecular weight excluding hydrogens is 319 g/mol. The van der Waals surface area contributed by atoms with E-state index in [1.54, 1.807) is 13.1 Å². The van der Waals surface area contributed by atoms with Crippen LogP contribution in [0.5, 0.6) is 0 Å². The van der Waals surface area contributed by atoms with Gasteiger partial charge in [0.1, 0.15) is 0 Å². The molecule has 0 amide bonds. The van der Waals surface area contributed by atoms with Crippen LogP contribution in [0.2, 0.25) is 0 Å². The predicted octanol–water partition coefficient (Wildman–Crippen LogP) is 5.08. The van der Waals surface area contributed by atoms with Crippen LogP contribution in [0.1, 0.15) is 36.4 Å². The van der Waals surface area contributed by atoms with Crippen LogP contribution in [-0.2, 0) is 6.18 Å². The van der Waals surface area contributed by atoms with E-state index in [4.69, 9.17) is 0 Å². The number of hydrogen-bond donors (Lipinski definition) is 1. The molecule has 0 aliphatic rings. The molecule has 0 aliphatic carbocycles. The monoisotopic (exact) mass is 335 g/mol. The molecule has 1 nitrogen and oxygen atoms in total. The number of unbranched alkanes of at least 4 members (excludes halogenated alkanes) is 1. The van der Waals surface area contributed by atoms with Crippen LogP contribution >= 0.6 is 15.9 Å². The van der Waals surface area contributed by atoms with Gasteiger partial charge in [0.2, 0.25) is 0 Å². The average Bonchev–Trinajstić information content (AvgIpc) is 2.34. The van der Waals surface area contributed by atoms with Gasteiger partial charge < -0.3 is 5.32 Å². The Morgan fingerprint density at radius 3 is 2.63 bits per heavy atom. The maximum atomic E-state index is 12.8. The quantitative estimate of drug-likeness (QED) is 0.564. The molecule has 1 aromatic carbocycles. The standard InChI is InChI=1S/C14H17BrF3N/c1-3-4-5-6-13(19-2)10-7-8-12(15)11(9-10)14(16,17)18/h3,7-9,13,19H,1,4-6H2,2H3. The molecule has 1 N–H and O–H groups in total. The third kappa shape index (κ3) is 4.66. The summed E-state index contributed by atoms with van der Waals surface area (Å²) < 4.78 is 38.6. The molecule has 0 heterocycles. The van der Waals surface area contributed by atoms with Crippen LogP contribution in [-0.4, -0.2) is 7.05 Å². The Bertz CT molecular complexity index is 429. The van der Waals surface area contributed by atoms with Crippen molar-refractivity contribution in [2.75, 3.05) is 7.05 Å². The Hall–Kier alpha value is -0.810. The molecule has 5 heteroatoms. The van der Waals surface area contributed by atoms with Gasteiger partial charge in [0, 0.05) is 10.5 Å². The average molecular weight is 336 g/mol. The molecule has 0 aliphatic heterocycles. The molecule has 1 rings (SSSR count). The molecule has 19 heavy (non-hydrogen) atoms. The molecule has 0 spiro atoms. The zero-order chi connectivity index (χ0) is 14.5. The lowest BCUT2D eigenvalue weighted by Crippen LogP contribution is -2.17. The summed E-state index contributed by atoms with van der Waals surface area (Å²) in [5, 5.41) is 3.06. The Kier molecular flexibility index (Phi) is 6.07. The molecule has 1 atom stereocenters. The highest BCUT2D eigenvalue weighted by molar-refractivity contribution is 9.10. The van der Waals surface area contributed by atoms with Crippen molar-refractivity contribution >= 4 is 15.9 Å². The SMILES string of the molecule is C=CCCCC(NC)c1ccc(Br)c(C(F)(F)F)c1. The largest absolute Gasteiger partial charge is 0.417 e. The highest BCUT2D eigenvalue weighted by Crippen LogP contribution is 2.36. The summed E-state index contributed by atoms with van der Waals surface area (Å²) in [5.41, 5.74) is 0.0241. The van der Waals surface area contributed by atoms with Gasteiger partial charge in [-0.2, -0.15) is 13.2 Å². The molecule has 1 unspecified atom stereocenters. The van der Waals surface area contributed by atoms with Gasteiger partial charge in [-0.1, -0.05) is 28.1 Å². The van der Waals surface area contributed by atoms with Gasteiger partial charge >= 0.3 is 6.18 Å². The van der Waals surface area contributed by atoms with Gasteiger partial charge in [-0.25, -0.2) is 0 Å². The number of rotatable bonds is 6. The fourth-order valence-electron chi connectivity index (χ4n) is 1.92. The van der Waals surface area contributed by atoms with E-state index < -0.39 is 11.7 Å². The number of benzene rings is 1. The highest BCUT2D eigenvalue weighted by Gasteiger charge is 2.33. The molecule has 0 bridgehead atoms. The number of nitrogens with one attached hydrogen (secondary N) is 1. The van der Waals surface area contributed by atoms with E-state index in [9.17, 15) is 13.2 Å². The van der Waals surface area contributed by atoms with Crippen molar-refractivity contribution < 1.29 is 13.2 Å². The second-order valence-corrected chi connectivity index (χ2v) is 5.15. The first-order valence-electron chi connectivity index (χ1n) is 6.05. The first-order chi connectivity index (χ1) is 8.90. The van der Waals surface area contributed by atoms with Crippen molar-refractivity contribution in [2.24, 2.45) is 0 Å². The Labute approximate surface area is 120 Å². The minimum Gasteiger partial charge on any atom is -0.313 e. The van der Waals surface area contributed by atoms with Gasteiger partial charge in [-0.3, -0.25) is 0 Å². The lowest BCUT2D eigenvalue weighted by Gasteiger charge is -2.18. The summed E-state index contributed by atoms with van der Waals surface area (Å²) in [5.74, 6) is 0. The second kappa shape index (κ2) is 7.10. The maximum absolute atomic E-state index is 12.8. The van der Waals surface area contributed by atoms with Gasteiger partial charge in [0.15, 0.2) is 0 Å². The Morgan fingerprint density at radius 2 is 2.11 bits per heavy atom. The number of alkyl halides is 3. The van der Waals surface area contributed by atoms with Gasteiger partial charge in [-0.05, 0) is 44.0 Å². The van der Waals surface area contributed by atoms with Crippen LogP contribution in [0.15, 0.2) is 35.3 Å². The van der Waals surface area contributed by atoms with E-state index in [2.05, 4.69) is 27.8 Å². The van der Waals surface area contributed by atoms with Gasteiger partial charge in [-0.15, -0.1) is 6.58 Å². The molecule has 0 aromatic heterocycles. The first kappa shape index (κ1) is 16.2. The van der Waals surface area contributed by atoms with Gasteiger partial charge in [0.25, 0.3) is 0 Å². The zero-order valence-corrected chi connectivity index (χ0v) is 12.3. The van der Waals surface area contributed by atoms with Crippen molar-refractivity contribution in [3.8, 4) is 0 Å². The third-order valence-electron chi connectivity index (χ3n) is 2.95. The molecule has 1 aromatic rings. The van der Waals surface area contributed by atoms with Crippen LogP contribution in [0.4, 0.5) is 13.2 Å². The smallest absolute Gasteiger partial charge is 0.313 e. The normalized spacial score (nSPS) is 13.3. The van der Waals surface area contributed by atoms with E-state index >= 15 is 0 Å². The van der Waals surface area contributed by atoms with Crippen molar-refractivity contribution in [1.82, 2.24) is 5.32 Å².